The first-order chi connectivity index (χ1) is 14.5. The van der Waals surface area contributed by atoms with Gasteiger partial charge in [-0.2, -0.15) is 0 Å². The van der Waals surface area contributed by atoms with Gasteiger partial charge < -0.3 is 10.0 Å². The number of fused-ring (bicyclic) bond motifs is 6. The van der Waals surface area contributed by atoms with E-state index in [-0.39, 0.29) is 17.5 Å². The number of pyridine rings is 1. The quantitative estimate of drug-likeness (QED) is 0.682. The van der Waals surface area contributed by atoms with Crippen LogP contribution < -0.4 is 10.4 Å². The van der Waals surface area contributed by atoms with Crippen LogP contribution in [0.3, 0.4) is 0 Å². The molecule has 6 heteroatoms. The molecule has 3 aromatic rings. The Hall–Kier alpha value is -3.54. The number of rotatable bonds is 1. The minimum atomic E-state index is -0.541. The third-order valence-electron chi connectivity index (χ3n) is 7.04. The van der Waals surface area contributed by atoms with Gasteiger partial charge in [0.15, 0.2) is 11.4 Å². The SMILES string of the molecule is CN1CN(C23Cc4ccccc4C2Cc2ccccc23)n2ccc(=O)c(O)c2C1=O. The number of aromatic hydroxyl groups is 1. The normalized spacial score (nSPS) is 23.8. The second kappa shape index (κ2) is 5.75. The molecule has 1 aliphatic heterocycles. The third kappa shape index (κ3) is 1.98. The Balaban J connectivity index is 1.65. The first-order valence-corrected chi connectivity index (χ1v) is 10.2. The number of carbonyl (C=O) groups excluding carboxylic acids is 1. The third-order valence-corrected chi connectivity index (χ3v) is 7.04. The van der Waals surface area contributed by atoms with Crippen molar-refractivity contribution in [2.24, 2.45) is 0 Å². The fraction of sp³-hybridized carbons (Fsp3) is 0.250. The number of hydrogen-bond donors (Lipinski definition) is 1. The molecule has 0 saturated heterocycles. The Morgan fingerprint density at radius 2 is 1.73 bits per heavy atom. The zero-order valence-corrected chi connectivity index (χ0v) is 16.6. The molecule has 0 radical (unpaired) electrons. The molecule has 1 aromatic heterocycles. The molecule has 0 saturated carbocycles. The first-order valence-electron chi connectivity index (χ1n) is 10.2. The predicted molar refractivity (Wildman–Crippen MR) is 112 cm³/mol. The molecule has 3 aliphatic rings. The topological polar surface area (TPSA) is 65.8 Å². The highest BCUT2D eigenvalue weighted by molar-refractivity contribution is 5.96. The van der Waals surface area contributed by atoms with Crippen LogP contribution in [-0.2, 0) is 18.4 Å². The van der Waals surface area contributed by atoms with Gasteiger partial charge >= 0.3 is 0 Å². The zero-order chi connectivity index (χ0) is 20.6. The number of carbonyl (C=O) groups is 1. The summed E-state index contributed by atoms with van der Waals surface area (Å²) in [6.07, 6.45) is 3.35. The van der Waals surface area contributed by atoms with Crippen LogP contribution in [0.2, 0.25) is 0 Å². The molecule has 1 amide bonds. The van der Waals surface area contributed by atoms with Gasteiger partial charge in [0, 0.05) is 31.6 Å². The number of hydrogen-bond acceptors (Lipinski definition) is 4. The van der Waals surface area contributed by atoms with E-state index in [1.807, 2.05) is 0 Å². The molecule has 1 N–H and O–H groups in total. The van der Waals surface area contributed by atoms with E-state index in [2.05, 4.69) is 53.5 Å². The van der Waals surface area contributed by atoms with Crippen molar-refractivity contribution >= 4 is 5.91 Å². The van der Waals surface area contributed by atoms with Crippen molar-refractivity contribution in [1.29, 1.82) is 0 Å². The minimum absolute atomic E-state index is 0.0321. The maximum Gasteiger partial charge on any atom is 0.277 e. The molecule has 0 spiro atoms. The molecule has 2 unspecified atom stereocenters. The van der Waals surface area contributed by atoms with Crippen molar-refractivity contribution in [2.45, 2.75) is 24.3 Å². The molecule has 30 heavy (non-hydrogen) atoms. The summed E-state index contributed by atoms with van der Waals surface area (Å²) < 4.78 is 1.71. The summed E-state index contributed by atoms with van der Waals surface area (Å²) in [4.78, 5) is 26.6. The van der Waals surface area contributed by atoms with Crippen LogP contribution in [0.5, 0.6) is 5.75 Å². The maximum absolute atomic E-state index is 12.9. The molecule has 0 bridgehead atoms. The first kappa shape index (κ1) is 17.3. The Morgan fingerprint density at radius 3 is 2.57 bits per heavy atom. The predicted octanol–water partition coefficient (Wildman–Crippen LogP) is 2.33. The highest BCUT2D eigenvalue weighted by atomic mass is 16.3. The number of amides is 1. The van der Waals surface area contributed by atoms with Crippen LogP contribution in [0.15, 0.2) is 65.6 Å². The molecular formula is C24H21N3O3. The van der Waals surface area contributed by atoms with Crippen LogP contribution in [-0.4, -0.2) is 34.3 Å². The van der Waals surface area contributed by atoms with Crippen LogP contribution in [0.4, 0.5) is 0 Å². The number of benzene rings is 2. The van der Waals surface area contributed by atoms with Crippen molar-refractivity contribution in [3.05, 3.63) is 99.0 Å². The van der Waals surface area contributed by atoms with Crippen molar-refractivity contribution in [3.8, 4) is 5.75 Å². The van der Waals surface area contributed by atoms with Gasteiger partial charge in [-0.25, -0.2) is 0 Å². The maximum atomic E-state index is 12.9. The largest absolute Gasteiger partial charge is 0.502 e. The Bertz CT molecular complexity index is 1280. The van der Waals surface area contributed by atoms with Crippen LogP contribution in [0.1, 0.15) is 38.7 Å². The lowest BCUT2D eigenvalue weighted by molar-refractivity contribution is 0.0693. The molecule has 2 atom stereocenters. The fourth-order valence-corrected chi connectivity index (χ4v) is 5.77. The van der Waals surface area contributed by atoms with E-state index in [0.29, 0.717) is 6.67 Å². The lowest BCUT2D eigenvalue weighted by Gasteiger charge is -2.49. The highest BCUT2D eigenvalue weighted by Crippen LogP contribution is 2.57. The highest BCUT2D eigenvalue weighted by Gasteiger charge is 2.57. The minimum Gasteiger partial charge on any atom is -0.502 e. The summed E-state index contributed by atoms with van der Waals surface area (Å²) in [7, 11) is 1.71. The lowest BCUT2D eigenvalue weighted by Crippen LogP contribution is -2.62. The van der Waals surface area contributed by atoms with Crippen LogP contribution in [0, 0.1) is 0 Å². The summed E-state index contributed by atoms with van der Waals surface area (Å²) in [5, 5.41) is 12.7. The molecule has 2 heterocycles. The van der Waals surface area contributed by atoms with Crippen molar-refractivity contribution in [2.75, 3.05) is 18.7 Å². The standard InChI is InChI=1S/C24H21N3O3/c1-25-14-27(26-11-10-20(28)22(29)21(26)23(25)30)24-13-16-7-2-4-8-17(16)19(24)12-15-6-3-5-9-18(15)24/h2-11,19,29H,12-14H2,1H3. The van der Waals surface area contributed by atoms with Gasteiger partial charge in [0.1, 0.15) is 6.67 Å². The van der Waals surface area contributed by atoms with Crippen LogP contribution in [0.25, 0.3) is 0 Å². The van der Waals surface area contributed by atoms with Gasteiger partial charge in [-0.1, -0.05) is 48.5 Å². The smallest absolute Gasteiger partial charge is 0.277 e. The number of nitrogens with zero attached hydrogens (tertiary/aromatic N) is 3. The summed E-state index contributed by atoms with van der Waals surface area (Å²) >= 11 is 0. The Kier molecular flexibility index (Phi) is 3.32. The van der Waals surface area contributed by atoms with Crippen molar-refractivity contribution in [3.63, 3.8) is 0 Å². The van der Waals surface area contributed by atoms with Gasteiger partial charge in [-0.15, -0.1) is 0 Å². The molecular weight excluding hydrogens is 378 g/mol. The van der Waals surface area contributed by atoms with E-state index in [0.717, 1.165) is 12.8 Å². The Labute approximate surface area is 173 Å². The van der Waals surface area contributed by atoms with Gasteiger partial charge in [0.2, 0.25) is 5.43 Å². The van der Waals surface area contributed by atoms with E-state index in [1.165, 1.54) is 28.3 Å². The van der Waals surface area contributed by atoms with E-state index >= 15 is 0 Å². The number of aromatic nitrogens is 1. The van der Waals surface area contributed by atoms with E-state index in [9.17, 15) is 14.7 Å². The Morgan fingerprint density at radius 1 is 1.00 bits per heavy atom. The summed E-state index contributed by atoms with van der Waals surface area (Å²) in [6.45, 7) is 0.368. The summed E-state index contributed by atoms with van der Waals surface area (Å²) in [5.74, 6) is -0.618. The molecule has 0 fully saturated rings. The fourth-order valence-electron chi connectivity index (χ4n) is 5.77. The van der Waals surface area contributed by atoms with Crippen LogP contribution >= 0.6 is 0 Å². The van der Waals surface area contributed by atoms with E-state index in [1.54, 1.807) is 22.8 Å². The monoisotopic (exact) mass is 399 g/mol. The lowest BCUT2D eigenvalue weighted by atomic mass is 9.83. The zero-order valence-electron chi connectivity index (χ0n) is 16.6. The molecule has 2 aromatic carbocycles. The molecule has 6 nitrogen and oxygen atoms in total. The summed E-state index contributed by atoms with van der Waals surface area (Å²) in [6, 6.07) is 18.4. The van der Waals surface area contributed by atoms with E-state index in [4.69, 9.17) is 0 Å². The summed E-state index contributed by atoms with van der Waals surface area (Å²) in [5.41, 5.74) is 4.29. The van der Waals surface area contributed by atoms with Gasteiger partial charge in [-0.3, -0.25) is 19.3 Å². The molecule has 150 valence electrons. The van der Waals surface area contributed by atoms with Crippen molar-refractivity contribution < 1.29 is 9.90 Å². The van der Waals surface area contributed by atoms with Gasteiger partial charge in [-0.05, 0) is 28.7 Å². The second-order valence-corrected chi connectivity index (χ2v) is 8.48. The average molecular weight is 399 g/mol. The molecule has 2 aliphatic carbocycles. The van der Waals surface area contributed by atoms with Crippen molar-refractivity contribution in [1.82, 2.24) is 9.58 Å². The van der Waals surface area contributed by atoms with Gasteiger partial charge in [0.05, 0.1) is 5.54 Å². The average Bonchev–Trinajstić information content (AvgIpc) is 3.25. The van der Waals surface area contributed by atoms with Gasteiger partial charge in [0.25, 0.3) is 5.91 Å². The van der Waals surface area contributed by atoms with E-state index < -0.39 is 16.7 Å². The molecule has 6 rings (SSSR count). The second-order valence-electron chi connectivity index (χ2n) is 8.48.